The Morgan fingerprint density at radius 1 is 0.897 bits per heavy atom. The number of carbonyl (C=O) groups excluding carboxylic acids is 1. The maximum absolute atomic E-state index is 13.0. The van der Waals surface area contributed by atoms with Crippen molar-refractivity contribution in [2.24, 2.45) is 5.92 Å². The van der Waals surface area contributed by atoms with E-state index in [1.54, 1.807) is 23.7 Å². The number of aromatic nitrogens is 3. The zero-order chi connectivity index (χ0) is 19.6. The Labute approximate surface area is 174 Å². The lowest BCUT2D eigenvalue weighted by molar-refractivity contribution is -0.136. The van der Waals surface area contributed by atoms with Crippen LogP contribution in [0.25, 0.3) is 10.2 Å². The minimum absolute atomic E-state index is 0.125. The summed E-state index contributed by atoms with van der Waals surface area (Å²) in [5, 5.41) is 1.08. The molecule has 1 aromatic carbocycles. The molecule has 2 aromatic heterocycles. The van der Waals surface area contributed by atoms with Crippen LogP contribution in [0.4, 0.5) is 11.1 Å². The Bertz CT molecular complexity index is 944. The molecular weight excluding hydrogens is 384 g/mol. The van der Waals surface area contributed by atoms with Gasteiger partial charge in [-0.25, -0.2) is 15.0 Å². The molecule has 4 heterocycles. The highest BCUT2D eigenvalue weighted by atomic mass is 32.1. The minimum Gasteiger partial charge on any atom is -0.348 e. The number of fused-ring (bicyclic) bond motifs is 1. The highest BCUT2D eigenvalue weighted by molar-refractivity contribution is 7.22. The van der Waals surface area contributed by atoms with E-state index >= 15 is 0 Å². The van der Waals surface area contributed by atoms with Gasteiger partial charge in [-0.05, 0) is 31.0 Å². The molecule has 3 aromatic rings. The molecule has 7 nitrogen and oxygen atoms in total. The van der Waals surface area contributed by atoms with Crippen LogP contribution in [0.2, 0.25) is 0 Å². The van der Waals surface area contributed by atoms with Crippen molar-refractivity contribution < 1.29 is 4.79 Å². The fourth-order valence-electron chi connectivity index (χ4n) is 4.15. The van der Waals surface area contributed by atoms with Gasteiger partial charge in [0.1, 0.15) is 0 Å². The summed E-state index contributed by atoms with van der Waals surface area (Å²) in [6.45, 7) is 4.87. The fourth-order valence-corrected chi connectivity index (χ4v) is 5.17. The SMILES string of the molecule is O=C(C1CCN(c2nc3ccccc3s2)CC1)N1CCN(c2ncccn2)CC1. The topological polar surface area (TPSA) is 65.5 Å². The number of thiazole rings is 1. The monoisotopic (exact) mass is 408 g/mol. The number of benzene rings is 1. The Morgan fingerprint density at radius 2 is 1.62 bits per heavy atom. The lowest BCUT2D eigenvalue weighted by Crippen LogP contribution is -2.52. The summed E-state index contributed by atoms with van der Waals surface area (Å²) in [6.07, 6.45) is 5.33. The highest BCUT2D eigenvalue weighted by Crippen LogP contribution is 2.31. The first-order valence-electron chi connectivity index (χ1n) is 10.2. The van der Waals surface area contributed by atoms with Crippen molar-refractivity contribution >= 4 is 38.5 Å². The summed E-state index contributed by atoms with van der Waals surface area (Å²) in [5.41, 5.74) is 1.06. The van der Waals surface area contributed by atoms with Crippen LogP contribution in [0.3, 0.4) is 0 Å². The number of para-hydroxylation sites is 1. The third kappa shape index (κ3) is 3.76. The van der Waals surface area contributed by atoms with E-state index in [0.29, 0.717) is 5.91 Å². The zero-order valence-corrected chi connectivity index (χ0v) is 17.1. The van der Waals surface area contributed by atoms with E-state index in [1.165, 1.54) is 4.70 Å². The third-order valence-corrected chi connectivity index (χ3v) is 6.92. The quantitative estimate of drug-likeness (QED) is 0.664. The Hall–Kier alpha value is -2.74. The number of hydrogen-bond acceptors (Lipinski definition) is 7. The van der Waals surface area contributed by atoms with E-state index in [9.17, 15) is 4.79 Å². The Balaban J connectivity index is 1.15. The fraction of sp³-hybridized carbons (Fsp3) is 0.429. The summed E-state index contributed by atoms with van der Waals surface area (Å²) >= 11 is 1.74. The number of rotatable bonds is 3. The van der Waals surface area contributed by atoms with Gasteiger partial charge in [0.25, 0.3) is 0 Å². The molecule has 5 rings (SSSR count). The van der Waals surface area contributed by atoms with Crippen LogP contribution in [0, 0.1) is 5.92 Å². The van der Waals surface area contributed by atoms with E-state index in [-0.39, 0.29) is 5.92 Å². The molecule has 0 aliphatic carbocycles. The lowest BCUT2D eigenvalue weighted by atomic mass is 9.95. The number of nitrogens with zero attached hydrogens (tertiary/aromatic N) is 6. The molecule has 2 aliphatic rings. The molecule has 0 N–H and O–H groups in total. The van der Waals surface area contributed by atoms with E-state index in [0.717, 1.165) is 68.7 Å². The molecule has 0 atom stereocenters. The summed E-state index contributed by atoms with van der Waals surface area (Å²) in [4.78, 5) is 32.9. The van der Waals surface area contributed by atoms with Gasteiger partial charge in [-0.1, -0.05) is 23.5 Å². The maximum Gasteiger partial charge on any atom is 0.225 e. The predicted octanol–water partition coefficient (Wildman–Crippen LogP) is 2.65. The molecule has 2 fully saturated rings. The van der Waals surface area contributed by atoms with Crippen molar-refractivity contribution in [2.45, 2.75) is 12.8 Å². The van der Waals surface area contributed by atoms with Gasteiger partial charge in [0.15, 0.2) is 5.13 Å². The van der Waals surface area contributed by atoms with Gasteiger partial charge in [-0.2, -0.15) is 0 Å². The first-order valence-corrected chi connectivity index (χ1v) is 11.0. The molecule has 0 spiro atoms. The van der Waals surface area contributed by atoms with Crippen LogP contribution in [-0.4, -0.2) is 65.0 Å². The van der Waals surface area contributed by atoms with Crippen molar-refractivity contribution in [1.29, 1.82) is 0 Å². The molecule has 0 bridgehead atoms. The molecule has 8 heteroatoms. The number of hydrogen-bond donors (Lipinski definition) is 0. The summed E-state index contributed by atoms with van der Waals surface area (Å²) in [6, 6.07) is 10.1. The van der Waals surface area contributed by atoms with Gasteiger partial charge in [0.2, 0.25) is 11.9 Å². The molecule has 2 aliphatic heterocycles. The first-order chi connectivity index (χ1) is 14.3. The van der Waals surface area contributed by atoms with Crippen LogP contribution in [-0.2, 0) is 4.79 Å². The van der Waals surface area contributed by atoms with Gasteiger partial charge < -0.3 is 14.7 Å². The molecule has 29 heavy (non-hydrogen) atoms. The van der Waals surface area contributed by atoms with E-state index in [4.69, 9.17) is 4.98 Å². The average Bonchev–Trinajstić information content (AvgIpc) is 3.24. The van der Waals surface area contributed by atoms with Gasteiger partial charge in [-0.15, -0.1) is 0 Å². The normalized spacial score (nSPS) is 18.4. The van der Waals surface area contributed by atoms with Crippen molar-refractivity contribution in [2.75, 3.05) is 49.1 Å². The van der Waals surface area contributed by atoms with E-state index < -0.39 is 0 Å². The summed E-state index contributed by atoms with van der Waals surface area (Å²) < 4.78 is 1.22. The number of anilines is 2. The van der Waals surface area contributed by atoms with Crippen molar-refractivity contribution in [1.82, 2.24) is 19.9 Å². The molecule has 0 saturated carbocycles. The van der Waals surface area contributed by atoms with Crippen LogP contribution < -0.4 is 9.80 Å². The highest BCUT2D eigenvalue weighted by Gasteiger charge is 2.31. The van der Waals surface area contributed by atoms with E-state index in [1.807, 2.05) is 17.0 Å². The molecule has 1 amide bonds. The largest absolute Gasteiger partial charge is 0.348 e. The predicted molar refractivity (Wildman–Crippen MR) is 115 cm³/mol. The Morgan fingerprint density at radius 3 is 2.34 bits per heavy atom. The van der Waals surface area contributed by atoms with Crippen molar-refractivity contribution in [3.05, 3.63) is 42.7 Å². The maximum atomic E-state index is 13.0. The average molecular weight is 409 g/mol. The van der Waals surface area contributed by atoms with Gasteiger partial charge in [0, 0.05) is 57.6 Å². The number of carbonyl (C=O) groups is 1. The van der Waals surface area contributed by atoms with Crippen LogP contribution in [0.15, 0.2) is 42.7 Å². The smallest absolute Gasteiger partial charge is 0.225 e. The van der Waals surface area contributed by atoms with Gasteiger partial charge in [0.05, 0.1) is 10.2 Å². The van der Waals surface area contributed by atoms with E-state index in [2.05, 4.69) is 38.0 Å². The second kappa shape index (κ2) is 7.94. The summed E-state index contributed by atoms with van der Waals surface area (Å²) in [7, 11) is 0. The van der Waals surface area contributed by atoms with Crippen molar-refractivity contribution in [3.8, 4) is 0 Å². The van der Waals surface area contributed by atoms with Crippen LogP contribution in [0.5, 0.6) is 0 Å². The molecular formula is C21H24N6OS. The minimum atomic E-state index is 0.125. The molecule has 150 valence electrons. The van der Waals surface area contributed by atoms with Crippen LogP contribution in [0.1, 0.15) is 12.8 Å². The number of piperidine rings is 1. The number of piperazine rings is 1. The molecule has 0 unspecified atom stereocenters. The van der Waals surface area contributed by atoms with Crippen molar-refractivity contribution in [3.63, 3.8) is 0 Å². The first kappa shape index (κ1) is 18.3. The molecule has 0 radical (unpaired) electrons. The van der Waals surface area contributed by atoms with Crippen LogP contribution >= 0.6 is 11.3 Å². The van der Waals surface area contributed by atoms with Gasteiger partial charge >= 0.3 is 0 Å². The number of amides is 1. The third-order valence-electron chi connectivity index (χ3n) is 5.82. The zero-order valence-electron chi connectivity index (χ0n) is 16.3. The summed E-state index contributed by atoms with van der Waals surface area (Å²) in [5.74, 6) is 1.19. The molecule has 2 saturated heterocycles. The standard InChI is InChI=1S/C21H24N6OS/c28-19(25-12-14-26(15-13-25)20-22-8-3-9-23-20)16-6-10-27(11-7-16)21-24-17-4-1-2-5-18(17)29-21/h1-5,8-9,16H,6-7,10-15H2. The Kier molecular flexibility index (Phi) is 5.01. The second-order valence-electron chi connectivity index (χ2n) is 7.59. The lowest BCUT2D eigenvalue weighted by Gasteiger charge is -2.38. The van der Waals surface area contributed by atoms with Gasteiger partial charge in [-0.3, -0.25) is 4.79 Å². The second-order valence-corrected chi connectivity index (χ2v) is 8.60.